The van der Waals surface area contributed by atoms with E-state index in [1.54, 1.807) is 32.3 Å². The summed E-state index contributed by atoms with van der Waals surface area (Å²) in [5.74, 6) is -0.702. The van der Waals surface area contributed by atoms with Crippen LogP contribution in [-0.2, 0) is 6.54 Å². The molecule has 0 radical (unpaired) electrons. The summed E-state index contributed by atoms with van der Waals surface area (Å²) >= 11 is 1.38. The number of carbonyl (C=O) groups excluding carboxylic acids is 3. The van der Waals surface area contributed by atoms with Gasteiger partial charge in [-0.15, -0.1) is 0 Å². The number of nitrogens with one attached hydrogen (secondary N) is 3. The maximum Gasteiger partial charge on any atom is 0.323 e. The Morgan fingerprint density at radius 1 is 1.03 bits per heavy atom. The predicted octanol–water partition coefficient (Wildman–Crippen LogP) is 2.85. The first kappa shape index (κ1) is 22.2. The molecule has 0 unspecified atom stereocenters. The van der Waals surface area contributed by atoms with Crippen molar-refractivity contribution in [3.63, 3.8) is 0 Å². The first-order valence-electron chi connectivity index (χ1n) is 9.67. The molecule has 0 aliphatic carbocycles. The second kappa shape index (κ2) is 9.52. The highest BCUT2D eigenvalue weighted by Gasteiger charge is 2.14. The van der Waals surface area contributed by atoms with E-state index in [9.17, 15) is 14.4 Å². The maximum absolute atomic E-state index is 12.5. The zero-order valence-corrected chi connectivity index (χ0v) is 18.5. The average molecular weight is 441 g/mol. The van der Waals surface area contributed by atoms with Crippen LogP contribution in [-0.4, -0.2) is 52.9 Å². The summed E-state index contributed by atoms with van der Waals surface area (Å²) in [6.45, 7) is 3.98. The number of nitrogens with zero attached hydrogens (tertiary/aromatic N) is 3. The topological polar surface area (TPSA) is 116 Å². The number of amides is 4. The van der Waals surface area contributed by atoms with Crippen molar-refractivity contribution >= 4 is 44.5 Å². The van der Waals surface area contributed by atoms with Gasteiger partial charge in [-0.05, 0) is 43.7 Å². The van der Waals surface area contributed by atoms with Crippen LogP contribution in [0.1, 0.15) is 40.4 Å². The molecule has 0 saturated carbocycles. The van der Waals surface area contributed by atoms with Crippen LogP contribution in [0.3, 0.4) is 0 Å². The lowest BCUT2D eigenvalue weighted by Gasteiger charge is -2.09. The molecule has 0 spiro atoms. The highest BCUT2D eigenvalue weighted by atomic mass is 32.1. The van der Waals surface area contributed by atoms with Crippen molar-refractivity contribution in [2.75, 3.05) is 19.4 Å². The molecule has 2 heterocycles. The molecule has 3 rings (SSSR count). The lowest BCUT2D eigenvalue weighted by molar-refractivity contribution is 0.0936. The molecule has 31 heavy (non-hydrogen) atoms. The van der Waals surface area contributed by atoms with Crippen molar-refractivity contribution in [1.29, 1.82) is 0 Å². The molecular weight excluding hydrogens is 416 g/mol. The van der Waals surface area contributed by atoms with Crippen LogP contribution in [0.25, 0.3) is 10.2 Å². The first-order valence-corrected chi connectivity index (χ1v) is 10.5. The third-order valence-electron chi connectivity index (χ3n) is 4.16. The highest BCUT2D eigenvalue weighted by molar-refractivity contribution is 7.22. The minimum absolute atomic E-state index is 0.0240. The van der Waals surface area contributed by atoms with E-state index in [0.717, 1.165) is 15.8 Å². The number of hydrogen-bond donors (Lipinski definition) is 3. The largest absolute Gasteiger partial charge is 0.349 e. The quantitative estimate of drug-likeness (QED) is 0.545. The number of thiazole rings is 1. The molecule has 0 aliphatic heterocycles. The SMILES string of the molecule is CC(C)NC(=O)c1cccc(C(=O)NCc2ccc3sc(NC(=O)N(C)C)nc3c2)n1. The number of pyridine rings is 1. The second-order valence-electron chi connectivity index (χ2n) is 7.36. The summed E-state index contributed by atoms with van der Waals surface area (Å²) < 4.78 is 0.926. The molecule has 1 aromatic carbocycles. The molecule has 0 aliphatic rings. The van der Waals surface area contributed by atoms with Crippen molar-refractivity contribution in [2.24, 2.45) is 0 Å². The molecule has 4 amide bonds. The van der Waals surface area contributed by atoms with E-state index in [1.807, 2.05) is 32.0 Å². The first-order chi connectivity index (χ1) is 14.7. The number of rotatable bonds is 6. The van der Waals surface area contributed by atoms with E-state index >= 15 is 0 Å². The van der Waals surface area contributed by atoms with Gasteiger partial charge >= 0.3 is 6.03 Å². The van der Waals surface area contributed by atoms with E-state index < -0.39 is 0 Å². The molecule has 3 aromatic rings. The Morgan fingerprint density at radius 3 is 2.42 bits per heavy atom. The Kier molecular flexibility index (Phi) is 6.81. The van der Waals surface area contributed by atoms with Crippen LogP contribution in [0.2, 0.25) is 0 Å². The molecule has 162 valence electrons. The predicted molar refractivity (Wildman–Crippen MR) is 120 cm³/mol. The minimum Gasteiger partial charge on any atom is -0.349 e. The van der Waals surface area contributed by atoms with E-state index in [-0.39, 0.29) is 41.8 Å². The van der Waals surface area contributed by atoms with Gasteiger partial charge in [-0.3, -0.25) is 14.9 Å². The number of benzene rings is 1. The van der Waals surface area contributed by atoms with Gasteiger partial charge in [0.1, 0.15) is 11.4 Å². The van der Waals surface area contributed by atoms with Crippen molar-refractivity contribution in [3.8, 4) is 0 Å². The minimum atomic E-state index is -0.378. The van der Waals surface area contributed by atoms with Crippen molar-refractivity contribution < 1.29 is 14.4 Å². The Bertz CT molecular complexity index is 1130. The fourth-order valence-corrected chi connectivity index (χ4v) is 3.47. The Balaban J connectivity index is 1.66. The molecule has 10 heteroatoms. The number of urea groups is 1. The van der Waals surface area contributed by atoms with Crippen LogP contribution in [0.5, 0.6) is 0 Å². The molecule has 0 fully saturated rings. The van der Waals surface area contributed by atoms with Gasteiger partial charge in [-0.25, -0.2) is 14.8 Å². The van der Waals surface area contributed by atoms with Gasteiger partial charge in [0.15, 0.2) is 5.13 Å². The fourth-order valence-electron chi connectivity index (χ4n) is 2.64. The van der Waals surface area contributed by atoms with E-state index in [1.165, 1.54) is 16.2 Å². The third kappa shape index (κ3) is 5.76. The summed E-state index contributed by atoms with van der Waals surface area (Å²) in [7, 11) is 3.31. The normalized spacial score (nSPS) is 10.7. The molecular formula is C21H24N6O3S. The lowest BCUT2D eigenvalue weighted by Crippen LogP contribution is -2.31. The molecule has 2 aromatic heterocycles. The van der Waals surface area contributed by atoms with Crippen LogP contribution >= 0.6 is 11.3 Å². The monoisotopic (exact) mass is 440 g/mol. The van der Waals surface area contributed by atoms with Crippen LogP contribution in [0.15, 0.2) is 36.4 Å². The van der Waals surface area contributed by atoms with Crippen LogP contribution < -0.4 is 16.0 Å². The highest BCUT2D eigenvalue weighted by Crippen LogP contribution is 2.26. The van der Waals surface area contributed by atoms with Crippen LogP contribution in [0, 0.1) is 0 Å². The number of carbonyl (C=O) groups is 3. The molecule has 0 atom stereocenters. The summed E-state index contributed by atoms with van der Waals surface area (Å²) in [6, 6.07) is 10.1. The Morgan fingerprint density at radius 2 is 1.74 bits per heavy atom. The Hall–Kier alpha value is -3.53. The van der Waals surface area contributed by atoms with Gasteiger partial charge in [0, 0.05) is 26.7 Å². The Labute approximate surface area is 183 Å². The van der Waals surface area contributed by atoms with Crippen molar-refractivity contribution in [2.45, 2.75) is 26.4 Å². The summed E-state index contributed by atoms with van der Waals surface area (Å²) in [6.07, 6.45) is 0. The number of anilines is 1. The zero-order valence-electron chi connectivity index (χ0n) is 17.7. The number of aromatic nitrogens is 2. The van der Waals surface area contributed by atoms with Gasteiger partial charge in [0.2, 0.25) is 0 Å². The van der Waals surface area contributed by atoms with Crippen molar-refractivity contribution in [3.05, 3.63) is 53.3 Å². The smallest absolute Gasteiger partial charge is 0.323 e. The molecule has 3 N–H and O–H groups in total. The van der Waals surface area contributed by atoms with Crippen molar-refractivity contribution in [1.82, 2.24) is 25.5 Å². The molecule has 0 bridgehead atoms. The third-order valence-corrected chi connectivity index (χ3v) is 5.11. The van der Waals surface area contributed by atoms with Gasteiger partial charge < -0.3 is 15.5 Å². The van der Waals surface area contributed by atoms with E-state index in [2.05, 4.69) is 25.9 Å². The number of fused-ring (bicyclic) bond motifs is 1. The summed E-state index contributed by atoms with van der Waals surface area (Å²) in [4.78, 5) is 46.4. The second-order valence-corrected chi connectivity index (χ2v) is 8.40. The molecule has 9 nitrogen and oxygen atoms in total. The van der Waals surface area contributed by atoms with Gasteiger partial charge in [0.05, 0.1) is 10.2 Å². The molecule has 0 saturated heterocycles. The maximum atomic E-state index is 12.5. The zero-order chi connectivity index (χ0) is 22.5. The summed E-state index contributed by atoms with van der Waals surface area (Å²) in [5, 5.41) is 8.80. The number of hydrogen-bond acceptors (Lipinski definition) is 6. The standard InChI is InChI=1S/C21H24N6O3S/c1-12(2)23-19(29)15-7-5-6-14(24-15)18(28)22-11-13-8-9-17-16(10-13)25-20(31-17)26-21(30)27(3)4/h5-10,12H,11H2,1-4H3,(H,22,28)(H,23,29)(H,25,26,30). The van der Waals surface area contributed by atoms with E-state index in [0.29, 0.717) is 5.13 Å². The van der Waals surface area contributed by atoms with Crippen LogP contribution in [0.4, 0.5) is 9.93 Å². The fraction of sp³-hybridized carbons (Fsp3) is 0.286. The van der Waals surface area contributed by atoms with Gasteiger partial charge in [0.25, 0.3) is 11.8 Å². The summed E-state index contributed by atoms with van der Waals surface area (Å²) in [5.41, 5.74) is 1.94. The average Bonchev–Trinajstić information content (AvgIpc) is 3.12. The van der Waals surface area contributed by atoms with Gasteiger partial charge in [-0.2, -0.15) is 0 Å². The lowest BCUT2D eigenvalue weighted by atomic mass is 10.2. The van der Waals surface area contributed by atoms with Gasteiger partial charge in [-0.1, -0.05) is 23.5 Å². The van der Waals surface area contributed by atoms with E-state index in [4.69, 9.17) is 0 Å².